The number of carbonyl (C=O) groups is 1. The quantitative estimate of drug-likeness (QED) is 0.518. The molecule has 1 aromatic carbocycles. The van der Waals surface area contributed by atoms with Crippen molar-refractivity contribution in [3.05, 3.63) is 64.0 Å². The molecule has 0 radical (unpaired) electrons. The summed E-state index contributed by atoms with van der Waals surface area (Å²) in [6.07, 6.45) is 1.66. The maximum Gasteiger partial charge on any atom is 0.338 e. The molecule has 2 aromatic rings. The highest BCUT2D eigenvalue weighted by Gasteiger charge is 2.19. The largest absolute Gasteiger partial charge is 0.465 e. The highest BCUT2D eigenvalue weighted by Crippen LogP contribution is 2.29. The molecule has 7 nitrogen and oxygen atoms in total. The Bertz CT molecular complexity index is 688. The van der Waals surface area contributed by atoms with Crippen LogP contribution in [0.4, 0.5) is 11.4 Å². The third-order valence-electron chi connectivity index (χ3n) is 3.12. The number of nitrogens with one attached hydrogen (secondary N) is 1. The second-order valence-corrected chi connectivity index (χ2v) is 4.60. The zero-order valence-corrected chi connectivity index (χ0v) is 12.1. The fourth-order valence-corrected chi connectivity index (χ4v) is 1.99. The molecule has 0 saturated heterocycles. The topological polar surface area (TPSA) is 94.4 Å². The first kappa shape index (κ1) is 15.4. The van der Waals surface area contributed by atoms with Gasteiger partial charge in [-0.3, -0.25) is 15.1 Å². The summed E-state index contributed by atoms with van der Waals surface area (Å²) in [5, 5.41) is 14.2. The maximum atomic E-state index is 11.5. The van der Waals surface area contributed by atoms with Crippen LogP contribution in [-0.2, 0) is 4.74 Å². The number of aromatic nitrogens is 1. The van der Waals surface area contributed by atoms with Crippen molar-refractivity contribution in [2.75, 3.05) is 12.4 Å². The summed E-state index contributed by atoms with van der Waals surface area (Å²) < 4.78 is 4.57. The smallest absolute Gasteiger partial charge is 0.338 e. The van der Waals surface area contributed by atoms with Crippen molar-refractivity contribution in [2.24, 2.45) is 0 Å². The van der Waals surface area contributed by atoms with Crippen LogP contribution in [0.5, 0.6) is 0 Å². The number of anilines is 1. The molecule has 1 aromatic heterocycles. The summed E-state index contributed by atoms with van der Waals surface area (Å²) in [6, 6.07) is 9.41. The molecule has 0 aliphatic heterocycles. The van der Waals surface area contributed by atoms with Gasteiger partial charge >= 0.3 is 5.97 Å². The lowest BCUT2D eigenvalue weighted by Crippen LogP contribution is -2.10. The van der Waals surface area contributed by atoms with Crippen LogP contribution in [0.15, 0.2) is 42.6 Å². The van der Waals surface area contributed by atoms with Gasteiger partial charge in [-0.1, -0.05) is 6.07 Å². The van der Waals surface area contributed by atoms with E-state index in [1.807, 2.05) is 19.1 Å². The van der Waals surface area contributed by atoms with E-state index in [4.69, 9.17) is 0 Å². The number of nitro benzene ring substituents is 1. The van der Waals surface area contributed by atoms with Gasteiger partial charge in [0.1, 0.15) is 5.69 Å². The van der Waals surface area contributed by atoms with E-state index in [2.05, 4.69) is 15.0 Å². The predicted octanol–water partition coefficient (Wildman–Crippen LogP) is 2.95. The number of nitrogens with zero attached hydrogens (tertiary/aromatic N) is 2. The first-order valence-corrected chi connectivity index (χ1v) is 6.57. The Morgan fingerprint density at radius 1 is 1.36 bits per heavy atom. The average Bonchev–Trinajstić information content (AvgIpc) is 2.55. The molecule has 7 heteroatoms. The number of hydrogen-bond acceptors (Lipinski definition) is 6. The fraction of sp³-hybridized carbons (Fsp3) is 0.200. The van der Waals surface area contributed by atoms with Gasteiger partial charge in [0, 0.05) is 12.3 Å². The molecule has 0 unspecified atom stereocenters. The minimum Gasteiger partial charge on any atom is -0.465 e. The first-order valence-electron chi connectivity index (χ1n) is 6.57. The van der Waals surface area contributed by atoms with Crippen molar-refractivity contribution in [1.29, 1.82) is 0 Å². The molecule has 1 heterocycles. The molecule has 1 atom stereocenters. The Labute approximate surface area is 127 Å². The standard InChI is InChI=1S/C15H15N3O4/c1-10(12-5-3-4-8-16-12)17-13-7-6-11(15(19)22-2)9-14(13)18(20)21/h3-10,17H,1-2H3/t10-/m1/s1. The van der Waals surface area contributed by atoms with E-state index in [0.717, 1.165) is 5.69 Å². The minimum absolute atomic E-state index is 0.130. The van der Waals surface area contributed by atoms with E-state index < -0.39 is 10.9 Å². The maximum absolute atomic E-state index is 11.5. The number of carbonyl (C=O) groups excluding carboxylic acids is 1. The Balaban J connectivity index is 2.31. The molecule has 22 heavy (non-hydrogen) atoms. The van der Waals surface area contributed by atoms with Crippen LogP contribution in [0.1, 0.15) is 29.0 Å². The zero-order valence-electron chi connectivity index (χ0n) is 12.1. The second kappa shape index (κ2) is 6.66. The zero-order chi connectivity index (χ0) is 16.1. The number of benzene rings is 1. The van der Waals surface area contributed by atoms with Crippen molar-refractivity contribution < 1.29 is 14.5 Å². The van der Waals surface area contributed by atoms with Crippen molar-refractivity contribution in [3.63, 3.8) is 0 Å². The fourth-order valence-electron chi connectivity index (χ4n) is 1.99. The van der Waals surface area contributed by atoms with E-state index in [9.17, 15) is 14.9 Å². The number of ether oxygens (including phenoxy) is 1. The van der Waals surface area contributed by atoms with Crippen LogP contribution in [-0.4, -0.2) is 23.0 Å². The molecule has 114 valence electrons. The summed E-state index contributed by atoms with van der Waals surface area (Å²) in [5.41, 5.74) is 1.01. The number of hydrogen-bond donors (Lipinski definition) is 1. The highest BCUT2D eigenvalue weighted by molar-refractivity contribution is 5.91. The van der Waals surface area contributed by atoms with Crippen molar-refractivity contribution in [3.8, 4) is 0 Å². The Kier molecular flexibility index (Phi) is 4.67. The number of nitro groups is 1. The molecule has 0 aliphatic rings. The van der Waals surface area contributed by atoms with Gasteiger partial charge in [-0.05, 0) is 31.2 Å². The summed E-state index contributed by atoms with van der Waals surface area (Å²) >= 11 is 0. The Morgan fingerprint density at radius 2 is 2.14 bits per heavy atom. The van der Waals surface area contributed by atoms with Crippen molar-refractivity contribution in [2.45, 2.75) is 13.0 Å². The normalized spacial score (nSPS) is 11.5. The summed E-state index contributed by atoms with van der Waals surface area (Å²) in [5.74, 6) is -0.618. The van der Waals surface area contributed by atoms with E-state index in [0.29, 0.717) is 5.69 Å². The third-order valence-corrected chi connectivity index (χ3v) is 3.12. The average molecular weight is 301 g/mol. The summed E-state index contributed by atoms with van der Waals surface area (Å²) in [6.45, 7) is 1.85. The van der Waals surface area contributed by atoms with Gasteiger partial charge in [-0.2, -0.15) is 0 Å². The van der Waals surface area contributed by atoms with Gasteiger partial charge in [0.05, 0.1) is 29.3 Å². The molecular formula is C15H15N3O4. The van der Waals surface area contributed by atoms with Gasteiger partial charge in [0.25, 0.3) is 5.69 Å². The summed E-state index contributed by atoms with van der Waals surface area (Å²) in [4.78, 5) is 26.3. The lowest BCUT2D eigenvalue weighted by Gasteiger charge is -2.15. The van der Waals surface area contributed by atoms with Crippen LogP contribution in [0.2, 0.25) is 0 Å². The first-order chi connectivity index (χ1) is 10.5. The van der Waals surface area contributed by atoms with Crippen LogP contribution in [0.25, 0.3) is 0 Å². The third kappa shape index (κ3) is 3.38. The number of rotatable bonds is 5. The number of pyridine rings is 1. The molecule has 2 rings (SSSR count). The molecular weight excluding hydrogens is 286 g/mol. The van der Waals surface area contributed by atoms with Crippen LogP contribution >= 0.6 is 0 Å². The van der Waals surface area contributed by atoms with E-state index >= 15 is 0 Å². The van der Waals surface area contributed by atoms with E-state index in [-0.39, 0.29) is 17.3 Å². The van der Waals surface area contributed by atoms with Crippen LogP contribution in [0.3, 0.4) is 0 Å². The lowest BCUT2D eigenvalue weighted by molar-refractivity contribution is -0.384. The van der Waals surface area contributed by atoms with E-state index in [1.54, 1.807) is 12.3 Å². The van der Waals surface area contributed by atoms with Gasteiger partial charge < -0.3 is 10.1 Å². The minimum atomic E-state index is -0.618. The molecule has 0 bridgehead atoms. The van der Waals surface area contributed by atoms with Gasteiger partial charge in [-0.15, -0.1) is 0 Å². The van der Waals surface area contributed by atoms with Crippen molar-refractivity contribution in [1.82, 2.24) is 4.98 Å². The summed E-state index contributed by atoms with van der Waals surface area (Å²) in [7, 11) is 1.23. The predicted molar refractivity (Wildman–Crippen MR) is 80.7 cm³/mol. The molecule has 0 aliphatic carbocycles. The molecule has 0 spiro atoms. The van der Waals surface area contributed by atoms with Crippen LogP contribution in [0, 0.1) is 10.1 Å². The molecule has 0 saturated carbocycles. The monoisotopic (exact) mass is 301 g/mol. The van der Waals surface area contributed by atoms with Crippen LogP contribution < -0.4 is 5.32 Å². The van der Waals surface area contributed by atoms with Gasteiger partial charge in [-0.25, -0.2) is 4.79 Å². The van der Waals surface area contributed by atoms with E-state index in [1.165, 1.54) is 25.3 Å². The molecule has 0 fully saturated rings. The van der Waals surface area contributed by atoms with Gasteiger partial charge in [0.15, 0.2) is 0 Å². The Hall–Kier alpha value is -2.96. The molecule has 0 amide bonds. The van der Waals surface area contributed by atoms with Crippen molar-refractivity contribution >= 4 is 17.3 Å². The highest BCUT2D eigenvalue weighted by atomic mass is 16.6. The number of esters is 1. The van der Waals surface area contributed by atoms with Gasteiger partial charge in [0.2, 0.25) is 0 Å². The Morgan fingerprint density at radius 3 is 2.73 bits per heavy atom. The molecule has 1 N–H and O–H groups in total. The number of methoxy groups -OCH3 is 1. The SMILES string of the molecule is COC(=O)c1ccc(N[C@H](C)c2ccccn2)c([N+](=O)[O-])c1. The second-order valence-electron chi connectivity index (χ2n) is 4.60. The lowest BCUT2D eigenvalue weighted by atomic mass is 10.1.